The van der Waals surface area contributed by atoms with Crippen molar-refractivity contribution < 1.29 is 9.53 Å². The largest absolute Gasteiger partial charge is 0.462 e. The number of nitrogens with one attached hydrogen (secondary N) is 1. The summed E-state index contributed by atoms with van der Waals surface area (Å²) in [5.74, 6) is -0.313. The van der Waals surface area contributed by atoms with E-state index in [1.54, 1.807) is 0 Å². The number of carbonyl (C=O) groups excluding carboxylic acids is 1. The van der Waals surface area contributed by atoms with Gasteiger partial charge in [-0.15, -0.1) is 0 Å². The van der Waals surface area contributed by atoms with E-state index >= 15 is 0 Å². The second kappa shape index (κ2) is 8.11. The van der Waals surface area contributed by atoms with Crippen LogP contribution in [0, 0.1) is 6.92 Å². The molecule has 0 aliphatic carbocycles. The van der Waals surface area contributed by atoms with Gasteiger partial charge in [-0.25, -0.2) is 4.79 Å². The molecule has 0 amide bonds. The molecule has 4 nitrogen and oxygen atoms in total. The molecule has 3 rings (SSSR count). The van der Waals surface area contributed by atoms with Crippen LogP contribution in [0.2, 0.25) is 0 Å². The fourth-order valence-electron chi connectivity index (χ4n) is 3.15. The van der Waals surface area contributed by atoms with Crippen molar-refractivity contribution in [3.63, 3.8) is 0 Å². The van der Waals surface area contributed by atoms with Crippen molar-refractivity contribution in [1.82, 2.24) is 10.3 Å². The Kier molecular flexibility index (Phi) is 5.64. The van der Waals surface area contributed by atoms with Crippen molar-refractivity contribution in [3.8, 4) is 0 Å². The molecule has 0 saturated carbocycles. The van der Waals surface area contributed by atoms with Crippen LogP contribution in [0.3, 0.4) is 0 Å². The summed E-state index contributed by atoms with van der Waals surface area (Å²) in [6.45, 7) is 6.72. The molecule has 0 fully saturated rings. The Balaban J connectivity index is 1.95. The molecule has 0 radical (unpaired) electrons. The fraction of sp³-hybridized carbons (Fsp3) is 0.273. The number of nitrogens with zero attached hydrogens (tertiary/aromatic N) is 1. The maximum Gasteiger partial charge on any atom is 0.340 e. The zero-order chi connectivity index (χ0) is 18.5. The minimum absolute atomic E-state index is 0.153. The summed E-state index contributed by atoms with van der Waals surface area (Å²) in [5.41, 5.74) is 4.30. The number of hydrogen-bond acceptors (Lipinski definition) is 4. The van der Waals surface area contributed by atoms with E-state index in [4.69, 9.17) is 9.72 Å². The molecule has 0 aliphatic heterocycles. The van der Waals surface area contributed by atoms with Gasteiger partial charge in [0.25, 0.3) is 0 Å². The van der Waals surface area contributed by atoms with Crippen LogP contribution in [-0.4, -0.2) is 17.6 Å². The van der Waals surface area contributed by atoms with Crippen LogP contribution in [-0.2, 0) is 11.3 Å². The quantitative estimate of drug-likeness (QED) is 0.663. The Morgan fingerprint density at radius 2 is 1.81 bits per heavy atom. The molecular weight excluding hydrogens is 324 g/mol. The second-order valence-electron chi connectivity index (χ2n) is 6.31. The van der Waals surface area contributed by atoms with Crippen LogP contribution < -0.4 is 5.32 Å². The van der Waals surface area contributed by atoms with Crippen LogP contribution in [0.5, 0.6) is 0 Å². The molecular formula is C22H24N2O2. The Bertz CT molecular complexity index is 907. The first kappa shape index (κ1) is 18.1. The van der Waals surface area contributed by atoms with Gasteiger partial charge < -0.3 is 10.1 Å². The number of aromatic nitrogens is 1. The third kappa shape index (κ3) is 3.75. The Morgan fingerprint density at radius 3 is 2.54 bits per heavy atom. The second-order valence-corrected chi connectivity index (χ2v) is 6.31. The number of hydrogen-bond donors (Lipinski definition) is 1. The van der Waals surface area contributed by atoms with E-state index in [-0.39, 0.29) is 12.0 Å². The third-order valence-electron chi connectivity index (χ3n) is 4.58. The van der Waals surface area contributed by atoms with E-state index in [0.717, 1.165) is 22.2 Å². The Labute approximate surface area is 154 Å². The lowest BCUT2D eigenvalue weighted by Gasteiger charge is -2.17. The summed E-state index contributed by atoms with van der Waals surface area (Å²) in [4.78, 5) is 17.3. The number of carbonyl (C=O) groups is 1. The third-order valence-corrected chi connectivity index (χ3v) is 4.58. The highest BCUT2D eigenvalue weighted by Gasteiger charge is 2.20. The molecule has 3 aromatic rings. The Hall–Kier alpha value is -2.72. The molecule has 1 heterocycles. The predicted molar refractivity (Wildman–Crippen MR) is 104 cm³/mol. The van der Waals surface area contributed by atoms with Gasteiger partial charge in [0.2, 0.25) is 0 Å². The van der Waals surface area contributed by atoms with Gasteiger partial charge in [-0.1, -0.05) is 48.5 Å². The summed E-state index contributed by atoms with van der Waals surface area (Å²) >= 11 is 0. The zero-order valence-corrected chi connectivity index (χ0v) is 15.5. The van der Waals surface area contributed by atoms with Gasteiger partial charge in [0.1, 0.15) is 0 Å². The number of ether oxygens (including phenoxy) is 1. The van der Waals surface area contributed by atoms with Crippen LogP contribution in [0.4, 0.5) is 0 Å². The van der Waals surface area contributed by atoms with Gasteiger partial charge in [0, 0.05) is 18.0 Å². The number of aryl methyl sites for hydroxylation is 1. The van der Waals surface area contributed by atoms with Crippen LogP contribution >= 0.6 is 0 Å². The minimum Gasteiger partial charge on any atom is -0.462 e. The maximum atomic E-state index is 12.6. The smallest absolute Gasteiger partial charge is 0.340 e. The van der Waals surface area contributed by atoms with Crippen molar-refractivity contribution in [2.75, 3.05) is 6.61 Å². The molecule has 2 aromatic carbocycles. The predicted octanol–water partition coefficient (Wildman–Crippen LogP) is 4.57. The number of pyridine rings is 1. The molecule has 1 atom stereocenters. The molecule has 0 saturated heterocycles. The van der Waals surface area contributed by atoms with E-state index in [2.05, 4.69) is 24.4 Å². The van der Waals surface area contributed by atoms with Crippen molar-refractivity contribution in [2.45, 2.75) is 33.4 Å². The number of para-hydroxylation sites is 1. The van der Waals surface area contributed by atoms with Gasteiger partial charge in [-0.05, 0) is 38.0 Å². The summed E-state index contributed by atoms with van der Waals surface area (Å²) in [6.07, 6.45) is 0. The Morgan fingerprint density at radius 1 is 1.12 bits per heavy atom. The minimum atomic E-state index is -0.313. The average molecular weight is 348 g/mol. The van der Waals surface area contributed by atoms with Gasteiger partial charge in [-0.2, -0.15) is 0 Å². The van der Waals surface area contributed by atoms with Gasteiger partial charge in [-0.3, -0.25) is 4.98 Å². The normalized spacial score (nSPS) is 12.1. The first-order valence-electron chi connectivity index (χ1n) is 8.95. The number of rotatable bonds is 6. The lowest BCUT2D eigenvalue weighted by molar-refractivity contribution is 0.0523. The fourth-order valence-corrected chi connectivity index (χ4v) is 3.15. The lowest BCUT2D eigenvalue weighted by Crippen LogP contribution is -2.22. The van der Waals surface area contributed by atoms with Crippen molar-refractivity contribution in [3.05, 3.63) is 77.0 Å². The molecule has 4 heteroatoms. The SMILES string of the molecule is CCOC(=O)c1c(CN[C@H](C)c2ccccc2)nc2ccccc2c1C. The number of benzene rings is 2. The highest BCUT2D eigenvalue weighted by Crippen LogP contribution is 2.24. The van der Waals surface area contributed by atoms with Crippen molar-refractivity contribution in [2.24, 2.45) is 0 Å². The zero-order valence-electron chi connectivity index (χ0n) is 15.5. The summed E-state index contributed by atoms with van der Waals surface area (Å²) in [5, 5.41) is 4.46. The molecule has 1 N–H and O–H groups in total. The monoisotopic (exact) mass is 348 g/mol. The topological polar surface area (TPSA) is 51.2 Å². The van der Waals surface area contributed by atoms with Gasteiger partial charge in [0.15, 0.2) is 0 Å². The van der Waals surface area contributed by atoms with Gasteiger partial charge >= 0.3 is 5.97 Å². The van der Waals surface area contributed by atoms with Crippen molar-refractivity contribution >= 4 is 16.9 Å². The standard InChI is InChI=1S/C22H24N2O2/c1-4-26-22(25)21-15(2)18-12-8-9-13-19(18)24-20(21)14-23-16(3)17-10-6-5-7-11-17/h5-13,16,23H,4,14H2,1-3H3/t16-/m1/s1. The first-order chi connectivity index (χ1) is 12.6. The van der Waals surface area contributed by atoms with E-state index < -0.39 is 0 Å². The summed E-state index contributed by atoms with van der Waals surface area (Å²) in [6, 6.07) is 18.3. The molecule has 0 spiro atoms. The summed E-state index contributed by atoms with van der Waals surface area (Å²) in [7, 11) is 0. The lowest BCUT2D eigenvalue weighted by atomic mass is 10.0. The van der Waals surface area contributed by atoms with E-state index in [1.807, 2.05) is 56.3 Å². The highest BCUT2D eigenvalue weighted by molar-refractivity contribution is 5.98. The van der Waals surface area contributed by atoms with E-state index in [9.17, 15) is 4.79 Å². The summed E-state index contributed by atoms with van der Waals surface area (Å²) < 4.78 is 5.28. The van der Waals surface area contributed by atoms with E-state index in [0.29, 0.717) is 18.7 Å². The number of fused-ring (bicyclic) bond motifs is 1. The molecule has 1 aromatic heterocycles. The molecule has 0 bridgehead atoms. The average Bonchev–Trinajstić information content (AvgIpc) is 2.67. The molecule has 0 aliphatic rings. The molecule has 134 valence electrons. The molecule has 0 unspecified atom stereocenters. The van der Waals surface area contributed by atoms with Crippen molar-refractivity contribution in [1.29, 1.82) is 0 Å². The van der Waals surface area contributed by atoms with Gasteiger partial charge in [0.05, 0.1) is 23.4 Å². The van der Waals surface area contributed by atoms with Crippen LogP contribution in [0.15, 0.2) is 54.6 Å². The van der Waals surface area contributed by atoms with E-state index in [1.165, 1.54) is 5.56 Å². The highest BCUT2D eigenvalue weighted by atomic mass is 16.5. The maximum absolute atomic E-state index is 12.6. The number of esters is 1. The molecule has 26 heavy (non-hydrogen) atoms. The first-order valence-corrected chi connectivity index (χ1v) is 8.95. The van der Waals surface area contributed by atoms with Crippen LogP contribution in [0.1, 0.15) is 47.1 Å². The van der Waals surface area contributed by atoms with Crippen LogP contribution in [0.25, 0.3) is 10.9 Å².